The van der Waals surface area contributed by atoms with Crippen molar-refractivity contribution >= 4 is 17.7 Å². The van der Waals surface area contributed by atoms with E-state index in [1.54, 1.807) is 30.3 Å². The highest BCUT2D eigenvalue weighted by molar-refractivity contribution is 5.89. The molecule has 1 amide bonds. The number of carbonyl (C=O) groups is 1. The third kappa shape index (κ3) is 6.96. The number of benzene rings is 2. The second-order valence-electron chi connectivity index (χ2n) is 6.48. The molecule has 0 spiro atoms. The van der Waals surface area contributed by atoms with Crippen LogP contribution in [0.15, 0.2) is 72.3 Å². The molecule has 0 heterocycles. The second-order valence-corrected chi connectivity index (χ2v) is 6.48. The van der Waals surface area contributed by atoms with Gasteiger partial charge in [0.1, 0.15) is 5.57 Å². The predicted molar refractivity (Wildman–Crippen MR) is 104 cm³/mol. The summed E-state index contributed by atoms with van der Waals surface area (Å²) in [5.74, 6) is -1.51. The van der Waals surface area contributed by atoms with Gasteiger partial charge in [0, 0.05) is 25.2 Å². The predicted octanol–water partition coefficient (Wildman–Crippen LogP) is 5.69. The van der Waals surface area contributed by atoms with Gasteiger partial charge < -0.3 is 4.90 Å². The zero-order valence-electron chi connectivity index (χ0n) is 16.2. The molecule has 2 aromatic rings. The number of alkyl halides is 6. The number of hydrogen-bond donors (Lipinski definition) is 0. The van der Waals surface area contributed by atoms with Crippen LogP contribution in [0.1, 0.15) is 11.1 Å². The summed E-state index contributed by atoms with van der Waals surface area (Å²) < 4.78 is 76.9. The number of amides is 1. The third-order valence-corrected chi connectivity index (χ3v) is 4.16. The fourth-order valence-corrected chi connectivity index (χ4v) is 2.68. The van der Waals surface area contributed by atoms with E-state index >= 15 is 0 Å². The molecule has 0 unspecified atom stereocenters. The van der Waals surface area contributed by atoms with Crippen molar-refractivity contribution in [1.29, 1.82) is 0 Å². The molecule has 32 heavy (non-hydrogen) atoms. The van der Waals surface area contributed by atoms with Gasteiger partial charge in [0.2, 0.25) is 5.91 Å². The number of rotatable bonds is 7. The second kappa shape index (κ2) is 10.1. The van der Waals surface area contributed by atoms with Crippen LogP contribution >= 0.6 is 0 Å². The van der Waals surface area contributed by atoms with E-state index < -0.39 is 34.8 Å². The maximum atomic E-state index is 12.8. The molecular weight excluding hydrogens is 442 g/mol. The smallest absolute Gasteiger partial charge is 0.331 e. The minimum Gasteiger partial charge on any atom is -0.331 e. The summed E-state index contributed by atoms with van der Waals surface area (Å²) in [6.07, 6.45) is -9.51. The zero-order chi connectivity index (χ0) is 23.9. The lowest BCUT2D eigenvalue weighted by Gasteiger charge is -2.21. The van der Waals surface area contributed by atoms with E-state index in [0.29, 0.717) is 5.56 Å². The maximum Gasteiger partial charge on any atom is 0.421 e. The highest BCUT2D eigenvalue weighted by Gasteiger charge is 2.51. The largest absolute Gasteiger partial charge is 0.421 e. The van der Waals surface area contributed by atoms with E-state index in [2.05, 4.69) is 0 Å². The molecule has 0 N–H and O–H groups in total. The molecule has 0 saturated carbocycles. The van der Waals surface area contributed by atoms with Crippen LogP contribution < -0.4 is 0 Å². The number of halogens is 6. The van der Waals surface area contributed by atoms with Crippen molar-refractivity contribution in [2.45, 2.75) is 18.9 Å². The lowest BCUT2D eigenvalue weighted by Crippen LogP contribution is -2.33. The van der Waals surface area contributed by atoms with Gasteiger partial charge in [-0.05, 0) is 11.6 Å². The van der Waals surface area contributed by atoms with Crippen LogP contribution in [0.25, 0.3) is 6.08 Å². The highest BCUT2D eigenvalue weighted by Crippen LogP contribution is 2.38. The fraction of sp³-hybridized carbons (Fsp3) is 0.190. The first-order valence-corrected chi connectivity index (χ1v) is 8.98. The van der Waals surface area contributed by atoms with E-state index in [1.807, 2.05) is 0 Å². The number of hydrogen-bond acceptors (Lipinski definition) is 3. The summed E-state index contributed by atoms with van der Waals surface area (Å²) in [7, 11) is 0. The van der Waals surface area contributed by atoms with Gasteiger partial charge in [-0.3, -0.25) is 14.9 Å². The molecule has 0 bridgehead atoms. The molecule has 170 valence electrons. The molecule has 0 atom stereocenters. The Balaban J connectivity index is 2.35. The van der Waals surface area contributed by atoms with Crippen molar-refractivity contribution in [3.8, 4) is 0 Å². The van der Waals surface area contributed by atoms with E-state index in [1.165, 1.54) is 36.4 Å². The Bertz CT molecular complexity index is 998. The first-order valence-electron chi connectivity index (χ1n) is 8.98. The monoisotopic (exact) mass is 458 g/mol. The quantitative estimate of drug-likeness (QED) is 0.232. The van der Waals surface area contributed by atoms with Gasteiger partial charge >= 0.3 is 12.4 Å². The first-order chi connectivity index (χ1) is 14.9. The molecule has 0 aromatic heterocycles. The molecule has 0 aliphatic heterocycles. The summed E-state index contributed by atoms with van der Waals surface area (Å²) in [6.45, 7) is -0.667. The standard InChI is InChI=1S/C21H16F6N2O3/c22-20(23,24)18(21(25,26)27)13-19(30)28(14-15-7-2-1-3-8-15)12-6-10-16-9-4-5-11-17(16)29(31)32/h1-11,13H,12,14H2/b10-6+. The molecule has 0 aliphatic rings. The molecule has 0 aliphatic carbocycles. The van der Waals surface area contributed by atoms with Crippen molar-refractivity contribution in [2.75, 3.05) is 6.54 Å². The van der Waals surface area contributed by atoms with E-state index in [-0.39, 0.29) is 24.3 Å². The minimum atomic E-state index is -5.77. The normalized spacial score (nSPS) is 11.9. The third-order valence-electron chi connectivity index (χ3n) is 4.16. The Hall–Kier alpha value is -3.63. The summed E-state index contributed by atoms with van der Waals surface area (Å²) in [5, 5.41) is 11.1. The summed E-state index contributed by atoms with van der Waals surface area (Å²) in [6, 6.07) is 13.5. The van der Waals surface area contributed by atoms with Gasteiger partial charge in [-0.25, -0.2) is 0 Å². The maximum absolute atomic E-state index is 12.8. The van der Waals surface area contributed by atoms with Gasteiger partial charge in [-0.1, -0.05) is 54.6 Å². The Morgan fingerprint density at radius 2 is 1.50 bits per heavy atom. The number of nitrogens with zero attached hydrogens (tertiary/aromatic N) is 2. The number of allylic oxidation sites excluding steroid dienone is 1. The van der Waals surface area contributed by atoms with Crippen molar-refractivity contribution < 1.29 is 36.1 Å². The van der Waals surface area contributed by atoms with Crippen molar-refractivity contribution in [3.63, 3.8) is 0 Å². The average molecular weight is 458 g/mol. The number of nitro benzene ring substituents is 1. The Morgan fingerprint density at radius 3 is 2.06 bits per heavy atom. The van der Waals surface area contributed by atoms with E-state index in [0.717, 1.165) is 4.90 Å². The molecule has 0 saturated heterocycles. The summed E-state index contributed by atoms with van der Waals surface area (Å²) in [5.41, 5.74) is -2.54. The van der Waals surface area contributed by atoms with Crippen LogP contribution in [0, 0.1) is 10.1 Å². The van der Waals surface area contributed by atoms with Gasteiger partial charge in [0.25, 0.3) is 5.69 Å². The van der Waals surface area contributed by atoms with Crippen LogP contribution in [-0.4, -0.2) is 34.6 Å². The molecule has 0 radical (unpaired) electrons. The number of para-hydroxylation sites is 1. The molecule has 5 nitrogen and oxygen atoms in total. The van der Waals surface area contributed by atoms with Crippen molar-refractivity contribution in [1.82, 2.24) is 4.90 Å². The first kappa shape index (κ1) is 24.6. The lowest BCUT2D eigenvalue weighted by atomic mass is 10.1. The van der Waals surface area contributed by atoms with Crippen LogP contribution in [0.4, 0.5) is 32.0 Å². The summed E-state index contributed by atoms with van der Waals surface area (Å²) >= 11 is 0. The highest BCUT2D eigenvalue weighted by atomic mass is 19.4. The van der Waals surface area contributed by atoms with Gasteiger partial charge in [0.05, 0.1) is 10.5 Å². The van der Waals surface area contributed by atoms with Crippen LogP contribution in [-0.2, 0) is 11.3 Å². The Kier molecular flexibility index (Phi) is 7.79. The molecule has 2 aromatic carbocycles. The number of nitro groups is 1. The minimum absolute atomic E-state index is 0.159. The van der Waals surface area contributed by atoms with E-state index in [4.69, 9.17) is 0 Å². The van der Waals surface area contributed by atoms with Crippen LogP contribution in [0.2, 0.25) is 0 Å². The van der Waals surface area contributed by atoms with Crippen LogP contribution in [0.3, 0.4) is 0 Å². The van der Waals surface area contributed by atoms with Gasteiger partial charge in [-0.2, -0.15) is 26.3 Å². The van der Waals surface area contributed by atoms with Crippen molar-refractivity contribution in [2.24, 2.45) is 0 Å². The Morgan fingerprint density at radius 1 is 0.938 bits per heavy atom. The van der Waals surface area contributed by atoms with Gasteiger partial charge in [0.15, 0.2) is 0 Å². The summed E-state index contributed by atoms with van der Waals surface area (Å²) in [4.78, 5) is 23.6. The SMILES string of the molecule is O=C(C=C(C(F)(F)F)C(F)(F)F)N(C/C=C/c1ccccc1[N+](=O)[O-])Cc1ccccc1. The fourth-order valence-electron chi connectivity index (χ4n) is 2.68. The van der Waals surface area contributed by atoms with Crippen LogP contribution in [0.5, 0.6) is 0 Å². The zero-order valence-corrected chi connectivity index (χ0v) is 16.2. The van der Waals surface area contributed by atoms with Crippen molar-refractivity contribution in [3.05, 3.63) is 93.6 Å². The molecule has 0 fully saturated rings. The molecular formula is C21H16F6N2O3. The Labute approximate surface area is 178 Å². The molecule has 2 rings (SSSR count). The molecule has 11 heteroatoms. The van der Waals surface area contributed by atoms with Gasteiger partial charge in [-0.15, -0.1) is 0 Å². The average Bonchev–Trinajstić information content (AvgIpc) is 2.70. The lowest BCUT2D eigenvalue weighted by molar-refractivity contribution is -0.385. The number of carbonyl (C=O) groups excluding carboxylic acids is 1. The topological polar surface area (TPSA) is 63.5 Å². The van der Waals surface area contributed by atoms with E-state index in [9.17, 15) is 41.3 Å².